The zero-order valence-corrected chi connectivity index (χ0v) is 10.3. The number of fused-ring (bicyclic) bond motifs is 1. The Balaban J connectivity index is 1.66. The Labute approximate surface area is 106 Å². The van der Waals surface area contributed by atoms with Gasteiger partial charge in [0.05, 0.1) is 6.61 Å². The Hall–Kier alpha value is -1.75. The van der Waals surface area contributed by atoms with E-state index in [1.165, 1.54) is 11.1 Å². The lowest BCUT2D eigenvalue weighted by Crippen LogP contribution is -2.25. The van der Waals surface area contributed by atoms with E-state index in [2.05, 4.69) is 22.2 Å². The zero-order chi connectivity index (χ0) is 12.8. The second-order valence-corrected chi connectivity index (χ2v) is 4.21. The van der Waals surface area contributed by atoms with Crippen LogP contribution in [0.1, 0.15) is 11.1 Å². The molecule has 18 heavy (non-hydrogen) atoms. The predicted molar refractivity (Wildman–Crippen MR) is 67.8 cm³/mol. The van der Waals surface area contributed by atoms with Gasteiger partial charge in [0, 0.05) is 13.0 Å². The van der Waals surface area contributed by atoms with Gasteiger partial charge in [0.2, 0.25) is 0 Å². The third-order valence-corrected chi connectivity index (χ3v) is 2.87. The van der Waals surface area contributed by atoms with Gasteiger partial charge in [-0.2, -0.15) is 0 Å². The first-order valence-electron chi connectivity index (χ1n) is 6.13. The number of hydrogen-bond acceptors (Lipinski definition) is 4. The molecule has 0 aromatic heterocycles. The molecule has 1 amide bonds. The minimum atomic E-state index is -0.726. The van der Waals surface area contributed by atoms with Crippen molar-refractivity contribution in [2.75, 3.05) is 26.3 Å². The molecule has 0 atom stereocenters. The summed E-state index contributed by atoms with van der Waals surface area (Å²) in [5.41, 5.74) is 7.44. The molecule has 5 heteroatoms. The average molecular weight is 250 g/mol. The molecular formula is C13H18N2O3. The number of primary amides is 1. The first-order chi connectivity index (χ1) is 8.75. The molecule has 1 aliphatic heterocycles. The smallest absolute Gasteiger partial charge is 0.404 e. The van der Waals surface area contributed by atoms with Crippen molar-refractivity contribution in [1.82, 2.24) is 5.32 Å². The zero-order valence-electron chi connectivity index (χ0n) is 10.3. The molecule has 0 saturated carbocycles. The van der Waals surface area contributed by atoms with E-state index in [0.717, 1.165) is 31.7 Å². The molecule has 0 aliphatic carbocycles. The molecule has 5 nitrogen and oxygen atoms in total. The Morgan fingerprint density at radius 3 is 3.17 bits per heavy atom. The van der Waals surface area contributed by atoms with Gasteiger partial charge in [-0.1, -0.05) is 12.1 Å². The minimum absolute atomic E-state index is 0.313. The SMILES string of the molecule is NC(=O)OCCNCCc1ccc2c(c1)CCO2. The highest BCUT2D eigenvalue weighted by Crippen LogP contribution is 2.25. The maximum Gasteiger partial charge on any atom is 0.404 e. The lowest BCUT2D eigenvalue weighted by atomic mass is 10.1. The van der Waals surface area contributed by atoms with E-state index in [0.29, 0.717) is 13.2 Å². The van der Waals surface area contributed by atoms with E-state index in [-0.39, 0.29) is 0 Å². The molecule has 0 unspecified atom stereocenters. The van der Waals surface area contributed by atoms with E-state index in [1.54, 1.807) is 0 Å². The second-order valence-electron chi connectivity index (χ2n) is 4.21. The van der Waals surface area contributed by atoms with Gasteiger partial charge >= 0.3 is 6.09 Å². The van der Waals surface area contributed by atoms with E-state index in [4.69, 9.17) is 10.5 Å². The summed E-state index contributed by atoms with van der Waals surface area (Å²) in [6, 6.07) is 6.32. The molecule has 0 spiro atoms. The van der Waals surface area contributed by atoms with Crippen LogP contribution >= 0.6 is 0 Å². The van der Waals surface area contributed by atoms with Gasteiger partial charge in [-0.3, -0.25) is 0 Å². The third-order valence-electron chi connectivity index (χ3n) is 2.87. The highest BCUT2D eigenvalue weighted by atomic mass is 16.5. The molecule has 0 fully saturated rings. The number of amides is 1. The lowest BCUT2D eigenvalue weighted by molar-refractivity contribution is 0.157. The monoisotopic (exact) mass is 250 g/mol. The molecule has 1 heterocycles. The number of carbonyl (C=O) groups is 1. The fraction of sp³-hybridized carbons (Fsp3) is 0.462. The number of rotatable bonds is 6. The molecule has 2 rings (SSSR count). The van der Waals surface area contributed by atoms with Crippen LogP contribution in [-0.2, 0) is 17.6 Å². The summed E-state index contributed by atoms with van der Waals surface area (Å²) >= 11 is 0. The summed E-state index contributed by atoms with van der Waals surface area (Å²) in [6.45, 7) is 2.58. The lowest BCUT2D eigenvalue weighted by Gasteiger charge is -2.06. The van der Waals surface area contributed by atoms with Gasteiger partial charge in [0.15, 0.2) is 0 Å². The minimum Gasteiger partial charge on any atom is -0.493 e. The van der Waals surface area contributed by atoms with E-state index in [1.807, 2.05) is 6.07 Å². The van der Waals surface area contributed by atoms with Gasteiger partial charge in [0.1, 0.15) is 12.4 Å². The quantitative estimate of drug-likeness (QED) is 0.734. The Morgan fingerprint density at radius 1 is 1.44 bits per heavy atom. The van der Waals surface area contributed by atoms with Crippen molar-refractivity contribution in [3.05, 3.63) is 29.3 Å². The largest absolute Gasteiger partial charge is 0.493 e. The van der Waals surface area contributed by atoms with E-state index < -0.39 is 6.09 Å². The number of carbonyl (C=O) groups excluding carboxylic acids is 1. The van der Waals surface area contributed by atoms with Gasteiger partial charge in [-0.05, 0) is 30.2 Å². The van der Waals surface area contributed by atoms with Gasteiger partial charge in [0.25, 0.3) is 0 Å². The Morgan fingerprint density at radius 2 is 2.33 bits per heavy atom. The first-order valence-corrected chi connectivity index (χ1v) is 6.13. The van der Waals surface area contributed by atoms with Crippen molar-refractivity contribution in [2.24, 2.45) is 5.73 Å². The number of ether oxygens (including phenoxy) is 2. The normalized spacial score (nSPS) is 12.9. The number of nitrogens with two attached hydrogens (primary N) is 1. The third kappa shape index (κ3) is 3.63. The van der Waals surface area contributed by atoms with Crippen molar-refractivity contribution < 1.29 is 14.3 Å². The van der Waals surface area contributed by atoms with Crippen LogP contribution in [0.15, 0.2) is 18.2 Å². The summed E-state index contributed by atoms with van der Waals surface area (Å²) < 4.78 is 10.1. The molecule has 3 N–H and O–H groups in total. The van der Waals surface area contributed by atoms with Crippen LogP contribution in [0.3, 0.4) is 0 Å². The van der Waals surface area contributed by atoms with Crippen LogP contribution in [0.2, 0.25) is 0 Å². The summed E-state index contributed by atoms with van der Waals surface area (Å²) in [4.78, 5) is 10.3. The summed E-state index contributed by atoms with van der Waals surface area (Å²) in [5, 5.41) is 3.19. The highest BCUT2D eigenvalue weighted by Gasteiger charge is 2.11. The molecule has 98 valence electrons. The highest BCUT2D eigenvalue weighted by molar-refractivity contribution is 5.64. The van der Waals surface area contributed by atoms with Crippen LogP contribution in [0.5, 0.6) is 5.75 Å². The van der Waals surface area contributed by atoms with Crippen molar-refractivity contribution in [2.45, 2.75) is 12.8 Å². The molecule has 1 aliphatic rings. The molecule has 1 aromatic carbocycles. The molecule has 0 bridgehead atoms. The van der Waals surface area contributed by atoms with Crippen molar-refractivity contribution >= 4 is 6.09 Å². The standard InChI is InChI=1S/C13H18N2O3/c14-13(16)18-8-6-15-5-3-10-1-2-12-11(9-10)4-7-17-12/h1-2,9,15H,3-8H2,(H2,14,16). The average Bonchev–Trinajstić information content (AvgIpc) is 2.80. The van der Waals surface area contributed by atoms with Crippen molar-refractivity contribution in [1.29, 1.82) is 0 Å². The van der Waals surface area contributed by atoms with Crippen LogP contribution in [-0.4, -0.2) is 32.4 Å². The van der Waals surface area contributed by atoms with Gasteiger partial charge in [-0.25, -0.2) is 4.79 Å². The number of hydrogen-bond donors (Lipinski definition) is 2. The second kappa shape index (κ2) is 6.26. The van der Waals surface area contributed by atoms with Crippen molar-refractivity contribution in [3.63, 3.8) is 0 Å². The van der Waals surface area contributed by atoms with Crippen LogP contribution in [0, 0.1) is 0 Å². The first kappa shape index (κ1) is 12.7. The van der Waals surface area contributed by atoms with Crippen LogP contribution < -0.4 is 15.8 Å². The van der Waals surface area contributed by atoms with Crippen LogP contribution in [0.4, 0.5) is 4.79 Å². The molecular weight excluding hydrogens is 232 g/mol. The topological polar surface area (TPSA) is 73.6 Å². The van der Waals surface area contributed by atoms with Gasteiger partial charge < -0.3 is 20.5 Å². The Bertz CT molecular complexity index is 421. The van der Waals surface area contributed by atoms with Crippen molar-refractivity contribution in [3.8, 4) is 5.75 Å². The predicted octanol–water partition coefficient (Wildman–Crippen LogP) is 0.849. The van der Waals surface area contributed by atoms with Gasteiger partial charge in [-0.15, -0.1) is 0 Å². The number of benzene rings is 1. The van der Waals surface area contributed by atoms with Crippen LogP contribution in [0.25, 0.3) is 0 Å². The fourth-order valence-corrected chi connectivity index (χ4v) is 1.98. The summed E-state index contributed by atoms with van der Waals surface area (Å²) in [6.07, 6.45) is 1.22. The molecule has 0 saturated heterocycles. The number of nitrogens with one attached hydrogen (secondary N) is 1. The summed E-state index contributed by atoms with van der Waals surface area (Å²) in [5.74, 6) is 1.02. The van der Waals surface area contributed by atoms with E-state index in [9.17, 15) is 4.79 Å². The Kier molecular flexibility index (Phi) is 4.41. The molecule has 1 aromatic rings. The molecule has 0 radical (unpaired) electrons. The van der Waals surface area contributed by atoms with E-state index >= 15 is 0 Å². The maximum atomic E-state index is 10.3. The fourth-order valence-electron chi connectivity index (χ4n) is 1.98. The summed E-state index contributed by atoms with van der Waals surface area (Å²) in [7, 11) is 0. The maximum absolute atomic E-state index is 10.3.